The van der Waals surface area contributed by atoms with Gasteiger partial charge in [-0.3, -0.25) is 24.2 Å². The minimum absolute atomic E-state index is 0.0299. The Labute approximate surface area is 202 Å². The molecular formula is C25H38FN5O3. The lowest BCUT2D eigenvalue weighted by atomic mass is 10.1. The monoisotopic (exact) mass is 475 g/mol. The van der Waals surface area contributed by atoms with Gasteiger partial charge in [-0.15, -0.1) is 0 Å². The third-order valence-corrected chi connectivity index (χ3v) is 6.25. The SMILES string of the molecule is CC(=O)c1ccc(N2CCN(C(=O)CN3CCCN(CC(=O)NC(C)(C)C)CC3)CC2)c(F)c1. The van der Waals surface area contributed by atoms with Crippen LogP contribution in [0.25, 0.3) is 0 Å². The second kappa shape index (κ2) is 11.3. The third kappa shape index (κ3) is 7.50. The van der Waals surface area contributed by atoms with Gasteiger partial charge >= 0.3 is 0 Å². The first kappa shape index (κ1) is 26.1. The molecule has 1 aromatic carbocycles. The number of nitrogens with one attached hydrogen (secondary N) is 1. The lowest BCUT2D eigenvalue weighted by molar-refractivity contribution is -0.132. The molecule has 0 spiro atoms. The summed E-state index contributed by atoms with van der Waals surface area (Å²) in [6.07, 6.45) is 0.916. The Hall–Kier alpha value is -2.52. The largest absolute Gasteiger partial charge is 0.366 e. The maximum Gasteiger partial charge on any atom is 0.236 e. The molecule has 1 N–H and O–H groups in total. The second-order valence-corrected chi connectivity index (χ2v) is 10.3. The van der Waals surface area contributed by atoms with Gasteiger partial charge in [0.2, 0.25) is 11.8 Å². The second-order valence-electron chi connectivity index (χ2n) is 10.3. The van der Waals surface area contributed by atoms with Crippen LogP contribution < -0.4 is 10.2 Å². The molecule has 2 amide bonds. The van der Waals surface area contributed by atoms with Gasteiger partial charge < -0.3 is 15.1 Å². The van der Waals surface area contributed by atoms with E-state index in [4.69, 9.17) is 0 Å². The summed E-state index contributed by atoms with van der Waals surface area (Å²) in [6.45, 7) is 13.5. The van der Waals surface area contributed by atoms with Crippen LogP contribution in [0.5, 0.6) is 0 Å². The molecule has 0 aromatic heterocycles. The molecule has 2 saturated heterocycles. The first-order valence-corrected chi connectivity index (χ1v) is 12.1. The molecule has 0 saturated carbocycles. The van der Waals surface area contributed by atoms with Crippen molar-refractivity contribution in [3.8, 4) is 0 Å². The highest BCUT2D eigenvalue weighted by Crippen LogP contribution is 2.22. The smallest absolute Gasteiger partial charge is 0.236 e. The van der Waals surface area contributed by atoms with Gasteiger partial charge in [0.1, 0.15) is 5.82 Å². The predicted molar refractivity (Wildman–Crippen MR) is 131 cm³/mol. The van der Waals surface area contributed by atoms with Crippen molar-refractivity contribution in [2.45, 2.75) is 39.7 Å². The molecule has 1 aromatic rings. The lowest BCUT2D eigenvalue weighted by Crippen LogP contribution is -2.51. The zero-order valence-electron chi connectivity index (χ0n) is 20.9. The highest BCUT2D eigenvalue weighted by Gasteiger charge is 2.26. The van der Waals surface area contributed by atoms with Gasteiger partial charge in [0, 0.05) is 50.4 Å². The quantitative estimate of drug-likeness (QED) is 0.630. The van der Waals surface area contributed by atoms with Gasteiger partial charge in [-0.05, 0) is 65.4 Å². The van der Waals surface area contributed by atoms with Crippen molar-refractivity contribution in [1.82, 2.24) is 20.0 Å². The van der Waals surface area contributed by atoms with Crippen LogP contribution in [0.4, 0.5) is 10.1 Å². The van der Waals surface area contributed by atoms with Crippen molar-refractivity contribution < 1.29 is 18.8 Å². The summed E-state index contributed by atoms with van der Waals surface area (Å²) in [7, 11) is 0. The van der Waals surface area contributed by atoms with Gasteiger partial charge in [0.25, 0.3) is 0 Å². The Bertz CT molecular complexity index is 893. The maximum atomic E-state index is 14.5. The fourth-order valence-electron chi connectivity index (χ4n) is 4.47. The van der Waals surface area contributed by atoms with E-state index in [1.165, 1.54) is 13.0 Å². The summed E-state index contributed by atoms with van der Waals surface area (Å²) >= 11 is 0. The number of amides is 2. The molecule has 0 bridgehead atoms. The number of ketones is 1. The van der Waals surface area contributed by atoms with Crippen LogP contribution in [0.1, 0.15) is 44.5 Å². The first-order valence-electron chi connectivity index (χ1n) is 12.1. The topological polar surface area (TPSA) is 76.2 Å². The number of nitrogens with zero attached hydrogens (tertiary/aromatic N) is 4. The van der Waals surface area contributed by atoms with E-state index in [9.17, 15) is 18.8 Å². The number of hydrogen-bond acceptors (Lipinski definition) is 6. The van der Waals surface area contributed by atoms with E-state index < -0.39 is 5.82 Å². The van der Waals surface area contributed by atoms with Crippen LogP contribution in [0, 0.1) is 5.82 Å². The van der Waals surface area contributed by atoms with Crippen LogP contribution in [-0.4, -0.2) is 103 Å². The molecule has 8 nitrogen and oxygen atoms in total. The van der Waals surface area contributed by atoms with E-state index in [1.54, 1.807) is 12.1 Å². The molecule has 9 heteroatoms. The number of piperazine rings is 1. The molecule has 0 atom stereocenters. The summed E-state index contributed by atoms with van der Waals surface area (Å²) < 4.78 is 14.5. The van der Waals surface area contributed by atoms with Crippen LogP contribution in [-0.2, 0) is 9.59 Å². The first-order chi connectivity index (χ1) is 16.0. The average molecular weight is 476 g/mol. The van der Waals surface area contributed by atoms with Crippen molar-refractivity contribution in [3.05, 3.63) is 29.6 Å². The van der Waals surface area contributed by atoms with Gasteiger partial charge in [-0.1, -0.05) is 0 Å². The molecule has 2 aliphatic heterocycles. The minimum Gasteiger partial charge on any atom is -0.366 e. The normalized spacial score (nSPS) is 18.5. The van der Waals surface area contributed by atoms with E-state index in [0.29, 0.717) is 50.5 Å². The summed E-state index contributed by atoms with van der Waals surface area (Å²) in [5, 5.41) is 3.00. The highest BCUT2D eigenvalue weighted by atomic mass is 19.1. The van der Waals surface area contributed by atoms with Crippen LogP contribution >= 0.6 is 0 Å². The summed E-state index contributed by atoms with van der Waals surface area (Å²) in [5.74, 6) is -0.448. The highest BCUT2D eigenvalue weighted by molar-refractivity contribution is 5.94. The summed E-state index contributed by atoms with van der Waals surface area (Å²) in [5.41, 5.74) is 0.593. The zero-order valence-corrected chi connectivity index (χ0v) is 20.9. The van der Waals surface area contributed by atoms with E-state index in [2.05, 4.69) is 15.1 Å². The number of Topliss-reactive ketones (excluding diaryl/α,β-unsaturated/α-hetero) is 1. The van der Waals surface area contributed by atoms with Crippen LogP contribution in [0.3, 0.4) is 0 Å². The number of carbonyl (C=O) groups is 3. The summed E-state index contributed by atoms with van der Waals surface area (Å²) in [4.78, 5) is 44.7. The maximum absolute atomic E-state index is 14.5. The fourth-order valence-corrected chi connectivity index (χ4v) is 4.47. The minimum atomic E-state index is -0.405. The van der Waals surface area contributed by atoms with Gasteiger partial charge in [0.15, 0.2) is 5.78 Å². The van der Waals surface area contributed by atoms with E-state index in [0.717, 1.165) is 32.6 Å². The number of carbonyl (C=O) groups excluding carboxylic acids is 3. The van der Waals surface area contributed by atoms with Crippen molar-refractivity contribution in [3.63, 3.8) is 0 Å². The number of hydrogen-bond donors (Lipinski definition) is 1. The number of halogens is 1. The Balaban J connectivity index is 1.44. The number of benzene rings is 1. The molecule has 0 unspecified atom stereocenters. The molecule has 2 aliphatic rings. The van der Waals surface area contributed by atoms with Crippen molar-refractivity contribution in [1.29, 1.82) is 0 Å². The van der Waals surface area contributed by atoms with Crippen molar-refractivity contribution in [2.75, 3.05) is 70.3 Å². The molecule has 2 fully saturated rings. The number of anilines is 1. The molecule has 0 aliphatic carbocycles. The fraction of sp³-hybridized carbons (Fsp3) is 0.640. The van der Waals surface area contributed by atoms with Gasteiger partial charge in [-0.25, -0.2) is 4.39 Å². The molecule has 34 heavy (non-hydrogen) atoms. The molecule has 3 rings (SSSR count). The van der Waals surface area contributed by atoms with Crippen molar-refractivity contribution >= 4 is 23.3 Å². The number of rotatable bonds is 6. The van der Waals surface area contributed by atoms with Crippen LogP contribution in [0.2, 0.25) is 0 Å². The molecular weight excluding hydrogens is 437 g/mol. The predicted octanol–water partition coefficient (Wildman–Crippen LogP) is 1.60. The third-order valence-electron chi connectivity index (χ3n) is 6.25. The van der Waals surface area contributed by atoms with Crippen molar-refractivity contribution in [2.24, 2.45) is 0 Å². The summed E-state index contributed by atoms with van der Waals surface area (Å²) in [6, 6.07) is 4.58. The molecule has 0 radical (unpaired) electrons. The van der Waals surface area contributed by atoms with Crippen LogP contribution in [0.15, 0.2) is 18.2 Å². The average Bonchev–Trinajstić information content (AvgIpc) is 2.97. The lowest BCUT2D eigenvalue weighted by Gasteiger charge is -2.37. The van der Waals surface area contributed by atoms with E-state index in [-0.39, 0.29) is 23.1 Å². The standard InChI is InChI=1S/C25H38FN5O3/c1-19(32)20-6-7-22(21(26)16-20)30-12-14-31(15-13-30)24(34)18-29-9-5-8-28(10-11-29)17-23(33)27-25(2,3)4/h6-7,16H,5,8-15,17-18H2,1-4H3,(H,27,33). The van der Waals surface area contributed by atoms with Gasteiger partial charge in [0.05, 0.1) is 18.8 Å². The Morgan fingerprint density at radius 2 is 1.53 bits per heavy atom. The molecule has 188 valence electrons. The van der Waals surface area contributed by atoms with E-state index >= 15 is 0 Å². The van der Waals surface area contributed by atoms with Gasteiger partial charge in [-0.2, -0.15) is 0 Å². The Kier molecular flexibility index (Phi) is 8.65. The molecule has 2 heterocycles. The Morgan fingerprint density at radius 3 is 2.09 bits per heavy atom. The Morgan fingerprint density at radius 1 is 0.912 bits per heavy atom. The van der Waals surface area contributed by atoms with E-state index in [1.807, 2.05) is 30.6 Å². The zero-order chi connectivity index (χ0) is 24.9.